The maximum absolute atomic E-state index is 12.3. The third-order valence-corrected chi connectivity index (χ3v) is 4.42. The number of nitrogens with one attached hydrogen (secondary N) is 2. The van der Waals surface area contributed by atoms with Gasteiger partial charge in [-0.2, -0.15) is 5.10 Å². The predicted octanol–water partition coefficient (Wildman–Crippen LogP) is 0.317. The minimum atomic E-state index is -0.243. The van der Waals surface area contributed by atoms with Crippen molar-refractivity contribution in [3.8, 4) is 0 Å². The number of carbonyl (C=O) groups is 1. The van der Waals surface area contributed by atoms with Gasteiger partial charge in [0.1, 0.15) is 5.69 Å². The van der Waals surface area contributed by atoms with Crippen LogP contribution in [0.15, 0.2) is 47.3 Å². The van der Waals surface area contributed by atoms with Gasteiger partial charge < -0.3 is 15.5 Å². The maximum atomic E-state index is 12.3. The van der Waals surface area contributed by atoms with E-state index in [9.17, 15) is 9.59 Å². The summed E-state index contributed by atoms with van der Waals surface area (Å²) in [4.78, 5) is 26.7. The molecule has 2 N–H and O–H groups in total. The van der Waals surface area contributed by atoms with Crippen LogP contribution in [0.2, 0.25) is 0 Å². The van der Waals surface area contributed by atoms with Crippen LogP contribution in [0, 0.1) is 0 Å². The lowest BCUT2D eigenvalue weighted by Crippen LogP contribution is -2.44. The summed E-state index contributed by atoms with van der Waals surface area (Å²) in [6.07, 6.45) is 0.898. The van der Waals surface area contributed by atoms with E-state index in [0.717, 1.165) is 44.7 Å². The lowest BCUT2D eigenvalue weighted by Gasteiger charge is -2.27. The number of piperazine rings is 1. The molecule has 1 aliphatic rings. The fourth-order valence-corrected chi connectivity index (χ4v) is 2.97. The number of amides is 1. The average molecular weight is 355 g/mol. The Bertz CT molecular complexity index is 769. The van der Waals surface area contributed by atoms with Gasteiger partial charge in [0.15, 0.2) is 0 Å². The summed E-state index contributed by atoms with van der Waals surface area (Å²) in [5.74, 6) is -0.243. The van der Waals surface area contributed by atoms with Crippen molar-refractivity contribution in [1.29, 1.82) is 0 Å². The third kappa shape index (κ3) is 5.24. The van der Waals surface area contributed by atoms with E-state index < -0.39 is 0 Å². The zero-order valence-corrected chi connectivity index (χ0v) is 14.9. The van der Waals surface area contributed by atoms with E-state index in [4.69, 9.17) is 0 Å². The first-order valence-corrected chi connectivity index (χ1v) is 9.06. The molecule has 0 atom stereocenters. The standard InChI is InChI=1S/C19H25N5O2/c25-18-8-7-17(22-24(18)15-16-5-2-1-3-6-16)19(26)21-9-4-12-23-13-10-20-11-14-23/h1-3,5-8,20H,4,9-15H2,(H,21,26). The number of carbonyl (C=O) groups excluding carboxylic acids is 1. The van der Waals surface area contributed by atoms with Crippen LogP contribution in [-0.2, 0) is 6.54 Å². The monoisotopic (exact) mass is 355 g/mol. The van der Waals surface area contributed by atoms with Crippen molar-refractivity contribution in [3.05, 3.63) is 64.1 Å². The largest absolute Gasteiger partial charge is 0.351 e. The zero-order chi connectivity index (χ0) is 18.2. The Kier molecular flexibility index (Phi) is 6.51. The minimum absolute atomic E-state index is 0.218. The fraction of sp³-hybridized carbons (Fsp3) is 0.421. The molecule has 1 fully saturated rings. The molecule has 2 aromatic rings. The van der Waals surface area contributed by atoms with Gasteiger partial charge in [-0.25, -0.2) is 4.68 Å². The molecule has 138 valence electrons. The smallest absolute Gasteiger partial charge is 0.271 e. The highest BCUT2D eigenvalue weighted by molar-refractivity contribution is 5.91. The topological polar surface area (TPSA) is 79.3 Å². The number of rotatable bonds is 7. The Morgan fingerprint density at radius 1 is 1.12 bits per heavy atom. The molecule has 1 aromatic heterocycles. The van der Waals surface area contributed by atoms with Crippen LogP contribution in [0.1, 0.15) is 22.5 Å². The van der Waals surface area contributed by atoms with Gasteiger partial charge in [0.25, 0.3) is 11.5 Å². The number of benzene rings is 1. The van der Waals surface area contributed by atoms with E-state index in [1.54, 1.807) is 0 Å². The van der Waals surface area contributed by atoms with Crippen molar-refractivity contribution in [2.75, 3.05) is 39.3 Å². The molecule has 1 saturated heterocycles. The molecule has 1 aromatic carbocycles. The van der Waals surface area contributed by atoms with Crippen molar-refractivity contribution >= 4 is 5.91 Å². The first-order valence-electron chi connectivity index (χ1n) is 9.06. The molecular weight excluding hydrogens is 330 g/mol. The minimum Gasteiger partial charge on any atom is -0.351 e. The van der Waals surface area contributed by atoms with E-state index in [0.29, 0.717) is 13.1 Å². The summed E-state index contributed by atoms with van der Waals surface area (Å²) in [7, 11) is 0. The van der Waals surface area contributed by atoms with E-state index >= 15 is 0 Å². The van der Waals surface area contributed by atoms with E-state index in [1.807, 2.05) is 30.3 Å². The second-order valence-corrected chi connectivity index (χ2v) is 6.40. The summed E-state index contributed by atoms with van der Waals surface area (Å²) < 4.78 is 1.32. The van der Waals surface area contributed by atoms with E-state index in [1.165, 1.54) is 16.8 Å². The number of nitrogens with zero attached hydrogens (tertiary/aromatic N) is 3. The molecule has 1 amide bonds. The fourth-order valence-electron chi connectivity index (χ4n) is 2.97. The van der Waals surface area contributed by atoms with Crippen LogP contribution in [-0.4, -0.2) is 59.9 Å². The van der Waals surface area contributed by atoms with Crippen molar-refractivity contribution in [2.45, 2.75) is 13.0 Å². The summed E-state index contributed by atoms with van der Waals surface area (Å²) in [6, 6.07) is 12.5. The second kappa shape index (κ2) is 9.26. The first-order chi connectivity index (χ1) is 12.7. The summed E-state index contributed by atoms with van der Waals surface area (Å²) in [5.41, 5.74) is 1.02. The first kappa shape index (κ1) is 18.3. The Labute approximate surface area is 153 Å². The average Bonchev–Trinajstić information content (AvgIpc) is 2.68. The summed E-state index contributed by atoms with van der Waals surface area (Å²) in [6.45, 7) is 6.09. The van der Waals surface area contributed by atoms with Gasteiger partial charge in [-0.15, -0.1) is 0 Å². The Balaban J connectivity index is 1.52. The highest BCUT2D eigenvalue weighted by Gasteiger charge is 2.11. The highest BCUT2D eigenvalue weighted by Crippen LogP contribution is 2.00. The van der Waals surface area contributed by atoms with Crippen molar-refractivity contribution in [2.24, 2.45) is 0 Å². The third-order valence-electron chi connectivity index (χ3n) is 4.42. The van der Waals surface area contributed by atoms with Crippen LogP contribution in [0.5, 0.6) is 0 Å². The Morgan fingerprint density at radius 2 is 1.88 bits per heavy atom. The van der Waals surface area contributed by atoms with Crippen LogP contribution in [0.4, 0.5) is 0 Å². The van der Waals surface area contributed by atoms with E-state index in [2.05, 4.69) is 20.6 Å². The van der Waals surface area contributed by atoms with Gasteiger partial charge in [-0.1, -0.05) is 30.3 Å². The predicted molar refractivity (Wildman–Crippen MR) is 100 cm³/mol. The van der Waals surface area contributed by atoms with Gasteiger partial charge in [0, 0.05) is 38.8 Å². The second-order valence-electron chi connectivity index (χ2n) is 6.40. The molecule has 0 saturated carbocycles. The van der Waals surface area contributed by atoms with Gasteiger partial charge in [0.05, 0.1) is 6.54 Å². The van der Waals surface area contributed by atoms with Gasteiger partial charge >= 0.3 is 0 Å². The molecule has 1 aliphatic heterocycles. The Morgan fingerprint density at radius 3 is 2.65 bits per heavy atom. The maximum Gasteiger partial charge on any atom is 0.271 e. The van der Waals surface area contributed by atoms with Crippen molar-refractivity contribution < 1.29 is 4.79 Å². The van der Waals surface area contributed by atoms with E-state index in [-0.39, 0.29) is 17.2 Å². The van der Waals surface area contributed by atoms with Crippen LogP contribution in [0.3, 0.4) is 0 Å². The summed E-state index contributed by atoms with van der Waals surface area (Å²) >= 11 is 0. The number of hydrogen-bond donors (Lipinski definition) is 2. The van der Waals surface area contributed by atoms with Gasteiger partial charge in [0.2, 0.25) is 0 Å². The molecule has 7 nitrogen and oxygen atoms in total. The molecule has 3 rings (SSSR count). The lowest BCUT2D eigenvalue weighted by atomic mass is 10.2. The summed E-state index contributed by atoms with van der Waals surface area (Å²) in [5, 5.41) is 10.4. The van der Waals surface area contributed by atoms with Crippen LogP contribution >= 0.6 is 0 Å². The van der Waals surface area contributed by atoms with Gasteiger partial charge in [-0.3, -0.25) is 9.59 Å². The molecule has 7 heteroatoms. The van der Waals surface area contributed by atoms with Crippen LogP contribution in [0.25, 0.3) is 0 Å². The normalized spacial score (nSPS) is 14.9. The molecule has 0 spiro atoms. The molecule has 0 radical (unpaired) electrons. The lowest BCUT2D eigenvalue weighted by molar-refractivity contribution is 0.0943. The quantitative estimate of drug-likeness (QED) is 0.699. The molecule has 26 heavy (non-hydrogen) atoms. The number of aromatic nitrogens is 2. The molecule has 0 unspecified atom stereocenters. The highest BCUT2D eigenvalue weighted by atomic mass is 16.2. The molecule has 0 aliphatic carbocycles. The molecule has 0 bridgehead atoms. The zero-order valence-electron chi connectivity index (χ0n) is 14.9. The van der Waals surface area contributed by atoms with Crippen LogP contribution < -0.4 is 16.2 Å². The molecule has 2 heterocycles. The number of hydrogen-bond acceptors (Lipinski definition) is 5. The SMILES string of the molecule is O=C(NCCCN1CCNCC1)c1ccc(=O)n(Cc2ccccc2)n1. The molecular formula is C19H25N5O2. The van der Waals surface area contributed by atoms with Gasteiger partial charge in [-0.05, 0) is 24.6 Å². The van der Waals surface area contributed by atoms with Crippen molar-refractivity contribution in [1.82, 2.24) is 25.3 Å². The van der Waals surface area contributed by atoms with Crippen molar-refractivity contribution in [3.63, 3.8) is 0 Å². The Hall–Kier alpha value is -2.51.